The highest BCUT2D eigenvalue weighted by molar-refractivity contribution is 5.94. The highest BCUT2D eigenvalue weighted by Gasteiger charge is 2.23. The van der Waals surface area contributed by atoms with E-state index in [1.807, 2.05) is 60.5 Å². The van der Waals surface area contributed by atoms with E-state index in [4.69, 9.17) is 4.74 Å². The number of piperidine rings is 1. The average molecular weight is 396 g/mol. The van der Waals surface area contributed by atoms with Gasteiger partial charge in [-0.3, -0.25) is 9.59 Å². The molecule has 0 bridgehead atoms. The number of amides is 2. The van der Waals surface area contributed by atoms with Gasteiger partial charge in [0.15, 0.2) is 0 Å². The Hall–Kier alpha value is -2.86. The molecule has 1 aliphatic heterocycles. The number of nitrogens with zero attached hydrogens (tertiary/aromatic N) is 1. The Kier molecular flexibility index (Phi) is 7.25. The average Bonchev–Trinajstić information content (AvgIpc) is 2.78. The summed E-state index contributed by atoms with van der Waals surface area (Å²) in [6.45, 7) is 1.99. The maximum Gasteiger partial charge on any atom is 0.253 e. The molecular weight excluding hydrogens is 366 g/mol. The third-order valence-corrected chi connectivity index (χ3v) is 5.33. The molecule has 1 saturated heterocycles. The molecule has 1 heterocycles. The normalized spacial score (nSPS) is 16.3. The number of methoxy groups -OCH3 is 1. The Morgan fingerprint density at radius 3 is 2.41 bits per heavy atom. The summed E-state index contributed by atoms with van der Waals surface area (Å²) in [6.07, 6.45) is 2.45. The van der Waals surface area contributed by atoms with Gasteiger partial charge in [0.2, 0.25) is 5.91 Å². The van der Waals surface area contributed by atoms with Crippen molar-refractivity contribution in [3.05, 3.63) is 65.2 Å². The van der Waals surface area contributed by atoms with E-state index in [0.29, 0.717) is 24.6 Å². The van der Waals surface area contributed by atoms with E-state index in [1.54, 1.807) is 7.11 Å². The lowest BCUT2D eigenvalue weighted by molar-refractivity contribution is -0.120. The van der Waals surface area contributed by atoms with Crippen molar-refractivity contribution in [3.8, 4) is 5.75 Å². The highest BCUT2D eigenvalue weighted by atomic mass is 16.5. The Bertz CT molecular complexity index is 818. The lowest BCUT2D eigenvalue weighted by Crippen LogP contribution is -2.46. The SMILES string of the molecule is CNC1CCCN(C(=O)c2ccc(CNC(=O)Cc3ccc(OC)cc3)cc2)C1. The van der Waals surface area contributed by atoms with E-state index < -0.39 is 0 Å². The molecular formula is C23H29N3O3. The van der Waals surface area contributed by atoms with Gasteiger partial charge in [-0.2, -0.15) is 0 Å². The van der Waals surface area contributed by atoms with Gasteiger partial charge in [0.25, 0.3) is 5.91 Å². The number of rotatable bonds is 7. The predicted octanol–water partition coefficient (Wildman–Crippen LogP) is 2.38. The standard InChI is InChI=1S/C23H29N3O3/c1-24-20-4-3-13-26(16-20)23(28)19-9-5-18(6-10-19)15-25-22(27)14-17-7-11-21(29-2)12-8-17/h5-12,20,24H,3-4,13-16H2,1-2H3,(H,25,27). The maximum atomic E-state index is 12.7. The zero-order valence-corrected chi connectivity index (χ0v) is 17.1. The van der Waals surface area contributed by atoms with Crippen molar-refractivity contribution in [1.82, 2.24) is 15.5 Å². The van der Waals surface area contributed by atoms with Crippen LogP contribution in [0.4, 0.5) is 0 Å². The zero-order valence-electron chi connectivity index (χ0n) is 17.1. The fourth-order valence-corrected chi connectivity index (χ4v) is 3.54. The molecule has 6 heteroatoms. The molecule has 2 N–H and O–H groups in total. The predicted molar refractivity (Wildman–Crippen MR) is 113 cm³/mol. The Morgan fingerprint density at radius 2 is 1.76 bits per heavy atom. The number of carbonyl (C=O) groups is 2. The van der Waals surface area contributed by atoms with Gasteiger partial charge in [0.1, 0.15) is 5.75 Å². The molecule has 3 rings (SSSR count). The number of likely N-dealkylation sites (tertiary alicyclic amines) is 1. The first kappa shape index (κ1) is 20.9. The van der Waals surface area contributed by atoms with Crippen LogP contribution in [0.3, 0.4) is 0 Å². The highest BCUT2D eigenvalue weighted by Crippen LogP contribution is 2.15. The minimum atomic E-state index is -0.0401. The van der Waals surface area contributed by atoms with Gasteiger partial charge in [0.05, 0.1) is 13.5 Å². The van der Waals surface area contributed by atoms with Crippen molar-refractivity contribution in [2.75, 3.05) is 27.2 Å². The summed E-state index contributed by atoms with van der Waals surface area (Å²) in [5.41, 5.74) is 2.59. The van der Waals surface area contributed by atoms with Crippen LogP contribution in [0.25, 0.3) is 0 Å². The second-order valence-electron chi connectivity index (χ2n) is 7.38. The van der Waals surface area contributed by atoms with Crippen LogP contribution in [0.5, 0.6) is 5.75 Å². The summed E-state index contributed by atoms with van der Waals surface area (Å²) in [6, 6.07) is 15.3. The lowest BCUT2D eigenvalue weighted by Gasteiger charge is -2.32. The molecule has 0 aliphatic carbocycles. The van der Waals surface area contributed by atoms with Gasteiger partial charge in [-0.1, -0.05) is 24.3 Å². The summed E-state index contributed by atoms with van der Waals surface area (Å²) < 4.78 is 5.12. The van der Waals surface area contributed by atoms with Gasteiger partial charge < -0.3 is 20.3 Å². The number of ether oxygens (including phenoxy) is 1. The smallest absolute Gasteiger partial charge is 0.253 e. The first-order valence-corrected chi connectivity index (χ1v) is 10.0. The fourth-order valence-electron chi connectivity index (χ4n) is 3.54. The molecule has 29 heavy (non-hydrogen) atoms. The molecule has 2 aromatic carbocycles. The van der Waals surface area contributed by atoms with Gasteiger partial charge in [-0.05, 0) is 55.3 Å². The summed E-state index contributed by atoms with van der Waals surface area (Å²) in [5, 5.41) is 6.19. The lowest BCUT2D eigenvalue weighted by atomic mass is 10.0. The molecule has 1 fully saturated rings. The van der Waals surface area contributed by atoms with Gasteiger partial charge >= 0.3 is 0 Å². The van der Waals surface area contributed by atoms with Crippen molar-refractivity contribution in [1.29, 1.82) is 0 Å². The van der Waals surface area contributed by atoms with Crippen LogP contribution in [0, 0.1) is 0 Å². The van der Waals surface area contributed by atoms with Crippen LogP contribution in [0.15, 0.2) is 48.5 Å². The minimum absolute atomic E-state index is 0.0401. The Labute approximate surface area is 172 Å². The fraction of sp³-hybridized carbons (Fsp3) is 0.391. The number of nitrogens with one attached hydrogen (secondary N) is 2. The molecule has 1 aliphatic rings. The third kappa shape index (κ3) is 5.81. The number of benzene rings is 2. The first-order valence-electron chi connectivity index (χ1n) is 10.0. The molecule has 0 aromatic heterocycles. The Morgan fingerprint density at radius 1 is 1.07 bits per heavy atom. The zero-order chi connectivity index (χ0) is 20.6. The molecule has 154 valence electrons. The molecule has 0 spiro atoms. The Balaban J connectivity index is 1.49. The number of hydrogen-bond acceptors (Lipinski definition) is 4. The van der Waals surface area contributed by atoms with Crippen molar-refractivity contribution < 1.29 is 14.3 Å². The molecule has 1 unspecified atom stereocenters. The van der Waals surface area contributed by atoms with E-state index >= 15 is 0 Å². The van der Waals surface area contributed by atoms with Crippen LogP contribution < -0.4 is 15.4 Å². The van der Waals surface area contributed by atoms with Gasteiger partial charge in [0, 0.05) is 31.2 Å². The number of likely N-dealkylation sites (N-methyl/N-ethyl adjacent to an activating group) is 1. The van der Waals surface area contributed by atoms with Crippen molar-refractivity contribution in [2.24, 2.45) is 0 Å². The van der Waals surface area contributed by atoms with Crippen LogP contribution >= 0.6 is 0 Å². The minimum Gasteiger partial charge on any atom is -0.497 e. The molecule has 0 radical (unpaired) electrons. The summed E-state index contributed by atoms with van der Waals surface area (Å²) in [7, 11) is 3.56. The van der Waals surface area contributed by atoms with E-state index in [-0.39, 0.29) is 11.8 Å². The summed E-state index contributed by atoms with van der Waals surface area (Å²) >= 11 is 0. The van der Waals surface area contributed by atoms with E-state index in [1.165, 1.54) is 0 Å². The molecule has 0 saturated carbocycles. The van der Waals surface area contributed by atoms with Crippen molar-refractivity contribution >= 4 is 11.8 Å². The van der Waals surface area contributed by atoms with Crippen LogP contribution in [0.1, 0.15) is 34.3 Å². The quantitative estimate of drug-likeness (QED) is 0.755. The third-order valence-electron chi connectivity index (χ3n) is 5.33. The number of carbonyl (C=O) groups excluding carboxylic acids is 2. The van der Waals surface area contributed by atoms with Crippen LogP contribution in [-0.4, -0.2) is 50.0 Å². The van der Waals surface area contributed by atoms with Gasteiger partial charge in [-0.15, -0.1) is 0 Å². The monoisotopic (exact) mass is 395 g/mol. The van der Waals surface area contributed by atoms with E-state index in [2.05, 4.69) is 10.6 Å². The van der Waals surface area contributed by atoms with Crippen molar-refractivity contribution in [2.45, 2.75) is 31.8 Å². The summed E-state index contributed by atoms with van der Waals surface area (Å²) in [4.78, 5) is 26.8. The molecule has 6 nitrogen and oxygen atoms in total. The molecule has 1 atom stereocenters. The van der Waals surface area contributed by atoms with Gasteiger partial charge in [-0.25, -0.2) is 0 Å². The second kappa shape index (κ2) is 10.1. The topological polar surface area (TPSA) is 70.7 Å². The largest absolute Gasteiger partial charge is 0.497 e. The molecule has 2 amide bonds. The first-order chi connectivity index (χ1) is 14.1. The van der Waals surface area contributed by atoms with Crippen LogP contribution in [0.2, 0.25) is 0 Å². The molecule has 2 aromatic rings. The van der Waals surface area contributed by atoms with E-state index in [9.17, 15) is 9.59 Å². The maximum absolute atomic E-state index is 12.7. The number of hydrogen-bond donors (Lipinski definition) is 2. The van der Waals surface area contributed by atoms with Crippen molar-refractivity contribution in [3.63, 3.8) is 0 Å². The summed E-state index contributed by atoms with van der Waals surface area (Å²) in [5.74, 6) is 0.802. The van der Waals surface area contributed by atoms with Crippen LogP contribution in [-0.2, 0) is 17.8 Å². The van der Waals surface area contributed by atoms with E-state index in [0.717, 1.165) is 42.8 Å². The second-order valence-corrected chi connectivity index (χ2v) is 7.38.